The van der Waals surface area contributed by atoms with Gasteiger partial charge in [-0.25, -0.2) is 18.2 Å². The van der Waals surface area contributed by atoms with Crippen LogP contribution in [0.5, 0.6) is 11.5 Å². The Kier molecular flexibility index (Phi) is 11.6. The highest BCUT2D eigenvalue weighted by molar-refractivity contribution is 7.91. The normalized spacial score (nSPS) is 31.5. The number of sulfonamides is 1. The van der Waals surface area contributed by atoms with Crippen molar-refractivity contribution in [3.63, 3.8) is 0 Å². The minimum Gasteiger partial charge on any atom is -0.497 e. The van der Waals surface area contributed by atoms with Crippen LogP contribution in [0.4, 0.5) is 4.79 Å². The number of carbonyl (C=O) groups is 3. The van der Waals surface area contributed by atoms with Gasteiger partial charge in [-0.15, -0.1) is 6.58 Å². The summed E-state index contributed by atoms with van der Waals surface area (Å²) in [6.07, 6.45) is 10.4. The Hall–Kier alpha value is -3.91. The van der Waals surface area contributed by atoms with Crippen molar-refractivity contribution in [2.24, 2.45) is 17.3 Å². The van der Waals surface area contributed by atoms with Crippen LogP contribution in [0.3, 0.4) is 0 Å². The number of nitrogens with one attached hydrogen (secondary N) is 3. The average molecular weight is 794 g/mol. The minimum atomic E-state index is -3.85. The second-order valence-electron chi connectivity index (χ2n) is 17.8. The highest BCUT2D eigenvalue weighted by Gasteiger charge is 2.55. The van der Waals surface area contributed by atoms with Gasteiger partial charge in [-0.1, -0.05) is 39.7 Å². The molecule has 56 heavy (non-hydrogen) atoms. The molecule has 306 valence electrons. The van der Waals surface area contributed by atoms with Gasteiger partial charge in [0.25, 0.3) is 5.91 Å². The summed E-state index contributed by atoms with van der Waals surface area (Å²) >= 11 is 0. The van der Waals surface area contributed by atoms with Crippen molar-refractivity contribution in [3.8, 4) is 11.5 Å². The molecule has 3 N–H and O–H groups in total. The van der Waals surface area contributed by atoms with Crippen molar-refractivity contribution in [1.29, 1.82) is 0 Å². The molecule has 4 fully saturated rings. The number of nitrogens with zero attached hydrogens (tertiary/aromatic N) is 2. The van der Waals surface area contributed by atoms with Gasteiger partial charge in [-0.3, -0.25) is 19.2 Å². The first-order valence-electron chi connectivity index (χ1n) is 20.6. The summed E-state index contributed by atoms with van der Waals surface area (Å²) in [5.41, 5.74) is -0.153. The second-order valence-corrected chi connectivity index (χ2v) is 19.7. The molecule has 7 rings (SSSR count). The lowest BCUT2D eigenvalue weighted by Crippen LogP contribution is -2.70. The van der Waals surface area contributed by atoms with E-state index in [1.807, 2.05) is 49.9 Å². The number of ether oxygens (including phenoxy) is 3. The lowest BCUT2D eigenvalue weighted by Gasteiger charge is -2.47. The molecule has 1 saturated heterocycles. The number of methoxy groups -OCH3 is 1. The van der Waals surface area contributed by atoms with Gasteiger partial charge >= 0.3 is 6.09 Å². The van der Waals surface area contributed by atoms with Crippen LogP contribution in [0, 0.1) is 17.3 Å². The molecule has 5 aliphatic rings. The number of alkyl carbamates (subject to hydrolysis) is 1. The first-order chi connectivity index (χ1) is 26.7. The minimum absolute atomic E-state index is 0.130. The summed E-state index contributed by atoms with van der Waals surface area (Å²) in [7, 11) is -2.22. The van der Waals surface area contributed by atoms with Crippen LogP contribution in [0.1, 0.15) is 104 Å². The zero-order valence-electron chi connectivity index (χ0n) is 33.3. The van der Waals surface area contributed by atoms with E-state index in [4.69, 9.17) is 19.2 Å². The zero-order chi connectivity index (χ0) is 39.8. The molecular formula is C42H59N5O8S. The smallest absolute Gasteiger partial charge is 0.407 e. The van der Waals surface area contributed by atoms with Gasteiger partial charge in [-0.05, 0) is 99.8 Å². The molecule has 3 saturated carbocycles. The van der Waals surface area contributed by atoms with Crippen molar-refractivity contribution < 1.29 is 37.0 Å². The van der Waals surface area contributed by atoms with E-state index in [-0.39, 0.29) is 12.5 Å². The lowest BCUT2D eigenvalue weighted by molar-refractivity contribution is -0.140. The molecule has 3 heterocycles. The molecule has 0 radical (unpaired) electrons. The second kappa shape index (κ2) is 16.2. The van der Waals surface area contributed by atoms with Crippen molar-refractivity contribution in [3.05, 3.63) is 42.6 Å². The van der Waals surface area contributed by atoms with Gasteiger partial charge in [-0.2, -0.15) is 0 Å². The number of pyridine rings is 1. The number of hydrogen-bond acceptors (Lipinski definition) is 10. The van der Waals surface area contributed by atoms with Gasteiger partial charge in [0.1, 0.15) is 29.2 Å². The topological polar surface area (TPSA) is 165 Å². The molecule has 2 bridgehead atoms. The summed E-state index contributed by atoms with van der Waals surface area (Å²) in [4.78, 5) is 49.1. The number of hydrogen-bond donors (Lipinski definition) is 3. The maximum Gasteiger partial charge on any atom is 0.407 e. The molecule has 2 aliphatic heterocycles. The highest BCUT2D eigenvalue weighted by Crippen LogP contribution is 2.42. The fourth-order valence-corrected chi connectivity index (χ4v) is 10.4. The Morgan fingerprint density at radius 1 is 1.04 bits per heavy atom. The van der Waals surface area contributed by atoms with E-state index >= 15 is 0 Å². The van der Waals surface area contributed by atoms with Gasteiger partial charge in [0.2, 0.25) is 15.9 Å². The van der Waals surface area contributed by atoms with E-state index in [1.54, 1.807) is 13.2 Å². The standard InChI is InChI=1S/C42H59N5O8S/c1-6-28-19-20-42(28,39(49)46-56(51,52)31-16-17-31)45-38(48)34-23-30-24-47(34)25-37(41(2,3)4)44-40(50)55-35-14-10-12-26(35)11-8-7-9-13-33-36(54-30)22-27-21-29(53-5)15-18-32(27)43-33/h6,15,18,21-22,26,28,30-31,34-35,37H,1,7-14,16-17,19-20,23-25H2,2-5H3,(H,44,50)(H,45,48)(H,46,49). The van der Waals surface area contributed by atoms with E-state index in [2.05, 4.69) is 21.9 Å². The number of rotatable bonds is 7. The van der Waals surface area contributed by atoms with Gasteiger partial charge in [0, 0.05) is 36.9 Å². The Bertz CT molecular complexity index is 1930. The van der Waals surface area contributed by atoms with E-state index in [0.29, 0.717) is 56.2 Å². The quantitative estimate of drug-likeness (QED) is 0.303. The fraction of sp³-hybridized carbons (Fsp3) is 0.667. The maximum atomic E-state index is 14.6. The molecule has 8 atom stereocenters. The number of aryl methyl sites for hydroxylation is 1. The molecule has 14 heteroatoms. The SMILES string of the molecule is C=CC1CCC1(NC(=O)C1CC2CN1CC(C(C)(C)C)NC(=O)OC1CCCC1CCCCCc1nc3ccc(OC)cc3cc1O2)C(=O)NS(=O)(=O)C1CC1. The highest BCUT2D eigenvalue weighted by atomic mass is 32.2. The largest absolute Gasteiger partial charge is 0.497 e. The van der Waals surface area contributed by atoms with Crippen LogP contribution >= 0.6 is 0 Å². The first-order valence-corrected chi connectivity index (χ1v) is 22.1. The lowest BCUT2D eigenvalue weighted by atomic mass is 9.66. The summed E-state index contributed by atoms with van der Waals surface area (Å²) in [5.74, 6) is 0.125. The van der Waals surface area contributed by atoms with E-state index in [1.165, 1.54) is 0 Å². The predicted octanol–water partition coefficient (Wildman–Crippen LogP) is 5.55. The third kappa shape index (κ3) is 8.66. The summed E-state index contributed by atoms with van der Waals surface area (Å²) in [6, 6.07) is 6.65. The van der Waals surface area contributed by atoms with Crippen LogP contribution in [-0.4, -0.2) is 91.5 Å². The number of aromatic nitrogens is 1. The molecule has 1 aromatic heterocycles. The average Bonchev–Trinajstić information content (AvgIpc) is 3.81. The Labute approximate surface area is 331 Å². The van der Waals surface area contributed by atoms with E-state index < -0.39 is 68.2 Å². The molecule has 2 aromatic rings. The van der Waals surface area contributed by atoms with Crippen LogP contribution < -0.4 is 24.8 Å². The van der Waals surface area contributed by atoms with Crippen LogP contribution in [-0.2, 0) is 30.8 Å². The van der Waals surface area contributed by atoms with Crippen LogP contribution in [0.2, 0.25) is 0 Å². The molecule has 0 spiro atoms. The third-order valence-electron chi connectivity index (χ3n) is 12.8. The zero-order valence-corrected chi connectivity index (χ0v) is 34.1. The molecule has 8 unspecified atom stereocenters. The molecule has 3 amide bonds. The monoisotopic (exact) mass is 793 g/mol. The van der Waals surface area contributed by atoms with Crippen molar-refractivity contribution in [1.82, 2.24) is 25.2 Å². The van der Waals surface area contributed by atoms with Crippen molar-refractivity contribution >= 4 is 38.8 Å². The number of amides is 3. The first kappa shape index (κ1) is 40.3. The molecular weight excluding hydrogens is 735 g/mol. The number of fused-ring (bicyclic) bond motifs is 5. The number of benzene rings is 1. The van der Waals surface area contributed by atoms with Crippen LogP contribution in [0.15, 0.2) is 36.9 Å². The van der Waals surface area contributed by atoms with E-state index in [9.17, 15) is 22.8 Å². The summed E-state index contributed by atoms with van der Waals surface area (Å²) in [6.45, 7) is 10.7. The maximum absolute atomic E-state index is 14.6. The van der Waals surface area contributed by atoms with Crippen LogP contribution in [0.25, 0.3) is 10.9 Å². The van der Waals surface area contributed by atoms with E-state index in [0.717, 1.165) is 68.0 Å². The molecule has 13 nitrogen and oxygen atoms in total. The van der Waals surface area contributed by atoms with Crippen molar-refractivity contribution in [2.45, 2.75) is 139 Å². The third-order valence-corrected chi connectivity index (χ3v) is 14.6. The molecule has 3 aliphatic carbocycles. The van der Waals surface area contributed by atoms with Gasteiger partial charge in [0.05, 0.1) is 29.6 Å². The Morgan fingerprint density at radius 2 is 1.82 bits per heavy atom. The predicted molar refractivity (Wildman–Crippen MR) is 213 cm³/mol. The Balaban J connectivity index is 1.21. The van der Waals surface area contributed by atoms with Gasteiger partial charge in [0.15, 0.2) is 0 Å². The Morgan fingerprint density at radius 3 is 2.52 bits per heavy atom. The van der Waals surface area contributed by atoms with Crippen molar-refractivity contribution in [2.75, 3.05) is 20.2 Å². The number of carbonyl (C=O) groups excluding carboxylic acids is 3. The summed E-state index contributed by atoms with van der Waals surface area (Å²) in [5, 5.41) is 6.49. The summed E-state index contributed by atoms with van der Waals surface area (Å²) < 4.78 is 46.5. The molecule has 1 aromatic carbocycles. The van der Waals surface area contributed by atoms with Gasteiger partial charge < -0.3 is 24.8 Å². The fourth-order valence-electron chi connectivity index (χ4n) is 9.03.